The SMILES string of the molecule is Cc1ncc(C2(O)CCC3(CC2)OCCO3)c(OC[C@H]2C[C@@H]2c2ccc3ccccc3n2)n1.Cc1ncc([C@@H]2CCC3(C[C@H]2O)OCCO3)c(OC[C@H]2C[C@@H]2c2ccc3ccccc3n2)n1. The number of aliphatic hydroxyl groups excluding tert-OH is 1. The summed E-state index contributed by atoms with van der Waals surface area (Å²) in [7, 11) is 0. The van der Waals surface area contributed by atoms with Crippen LogP contribution in [-0.4, -0.2) is 97.4 Å². The zero-order valence-electron chi connectivity index (χ0n) is 37.7. The molecule has 0 bridgehead atoms. The van der Waals surface area contributed by atoms with E-state index >= 15 is 0 Å². The molecule has 2 N–H and O–H groups in total. The molecule has 344 valence electrons. The lowest BCUT2D eigenvalue weighted by Gasteiger charge is -2.40. The molecule has 14 nitrogen and oxygen atoms in total. The Balaban J connectivity index is 0.000000146. The van der Waals surface area contributed by atoms with E-state index in [0.717, 1.165) is 64.4 Å². The number of aromatic nitrogens is 6. The predicted molar refractivity (Wildman–Crippen MR) is 244 cm³/mol. The summed E-state index contributed by atoms with van der Waals surface area (Å²) in [5.74, 6) is 2.76. The third-order valence-corrected chi connectivity index (χ3v) is 14.7. The van der Waals surface area contributed by atoms with Crippen molar-refractivity contribution >= 4 is 21.8 Å². The zero-order valence-corrected chi connectivity index (χ0v) is 37.7. The van der Waals surface area contributed by atoms with Gasteiger partial charge in [-0.1, -0.05) is 48.5 Å². The van der Waals surface area contributed by atoms with Crippen LogP contribution in [0.4, 0.5) is 0 Å². The van der Waals surface area contributed by atoms with E-state index in [1.165, 1.54) is 0 Å². The average molecular weight is 895 g/mol. The average Bonchev–Trinajstić information content (AvgIpc) is 4.20. The second-order valence-electron chi connectivity index (χ2n) is 19.2. The molecule has 4 saturated carbocycles. The van der Waals surface area contributed by atoms with Gasteiger partial charge in [-0.15, -0.1) is 0 Å². The van der Waals surface area contributed by atoms with Gasteiger partial charge in [0, 0.05) is 95.4 Å². The molecule has 0 unspecified atom stereocenters. The van der Waals surface area contributed by atoms with Gasteiger partial charge in [-0.25, -0.2) is 9.97 Å². The molecule has 4 aromatic heterocycles. The number of hydrogen-bond donors (Lipinski definition) is 2. The molecule has 14 heteroatoms. The first-order chi connectivity index (χ1) is 32.1. The van der Waals surface area contributed by atoms with Crippen molar-refractivity contribution in [3.8, 4) is 11.8 Å². The summed E-state index contributed by atoms with van der Waals surface area (Å²) in [5, 5.41) is 24.7. The summed E-state index contributed by atoms with van der Waals surface area (Å²) >= 11 is 0. The van der Waals surface area contributed by atoms with Crippen LogP contribution in [0.2, 0.25) is 0 Å². The fourth-order valence-corrected chi connectivity index (χ4v) is 10.6. The minimum atomic E-state index is -1.04. The standard InChI is InChI=1S/2C26H29N3O4/c1-17-27-15-21(25(30)8-10-26(11-9-25)32-12-13-33-26)24(28-17)31-16-19-14-20(19)23-7-6-18-4-2-3-5-22(18)29-23;1-16-27-14-21(19-8-9-26(13-24(19)30)32-10-11-33-26)25(28-16)31-15-18-12-20(18)23-7-6-17-4-2-3-5-22(17)29-23/h2-7,15,19-20,30H,8-14,16H2,1H3;2-7,14,18-20,24,30H,8-13,15H2,1H3/t19-,20+;18-,19+,20+,24-/m11/s1. The van der Waals surface area contributed by atoms with Crippen molar-refractivity contribution in [1.29, 1.82) is 0 Å². The number of aryl methyl sites for hydroxylation is 2. The molecule has 6 aliphatic rings. The third kappa shape index (κ3) is 8.99. The van der Waals surface area contributed by atoms with Crippen LogP contribution in [0, 0.1) is 25.7 Å². The summed E-state index contributed by atoms with van der Waals surface area (Å²) in [6.07, 6.45) is 9.38. The normalized spacial score (nSPS) is 26.8. The van der Waals surface area contributed by atoms with Crippen molar-refractivity contribution in [2.45, 2.75) is 113 Å². The van der Waals surface area contributed by atoms with Crippen LogP contribution in [0.5, 0.6) is 11.8 Å². The van der Waals surface area contributed by atoms with Gasteiger partial charge < -0.3 is 38.6 Å². The van der Waals surface area contributed by atoms with Gasteiger partial charge in [0.05, 0.1) is 67.9 Å². The van der Waals surface area contributed by atoms with Gasteiger partial charge >= 0.3 is 0 Å². The Morgan fingerprint density at radius 1 is 0.591 bits per heavy atom. The van der Waals surface area contributed by atoms with Crippen molar-refractivity contribution < 1.29 is 38.6 Å². The zero-order chi connectivity index (χ0) is 44.9. The first kappa shape index (κ1) is 43.4. The van der Waals surface area contributed by atoms with E-state index < -0.39 is 23.3 Å². The van der Waals surface area contributed by atoms with Crippen molar-refractivity contribution in [1.82, 2.24) is 29.9 Å². The highest BCUT2D eigenvalue weighted by Crippen LogP contribution is 2.51. The fourth-order valence-electron chi connectivity index (χ4n) is 10.6. The van der Waals surface area contributed by atoms with Gasteiger partial charge in [-0.3, -0.25) is 9.97 Å². The van der Waals surface area contributed by atoms with Crippen molar-refractivity contribution in [2.24, 2.45) is 11.8 Å². The van der Waals surface area contributed by atoms with Crippen LogP contribution in [0.3, 0.4) is 0 Å². The minimum Gasteiger partial charge on any atom is -0.477 e. The lowest BCUT2D eigenvalue weighted by molar-refractivity contribution is -0.204. The maximum absolute atomic E-state index is 11.5. The Morgan fingerprint density at radius 2 is 1.12 bits per heavy atom. The van der Waals surface area contributed by atoms with E-state index in [2.05, 4.69) is 68.5 Å². The minimum absolute atomic E-state index is 0.0869. The molecule has 0 amide bonds. The van der Waals surface area contributed by atoms with Crippen molar-refractivity contribution in [3.05, 3.63) is 119 Å². The van der Waals surface area contributed by atoms with Crippen LogP contribution < -0.4 is 9.47 Å². The van der Waals surface area contributed by atoms with Gasteiger partial charge in [0.25, 0.3) is 0 Å². The molecule has 2 saturated heterocycles. The van der Waals surface area contributed by atoms with E-state index in [9.17, 15) is 10.2 Å². The van der Waals surface area contributed by atoms with E-state index in [-0.39, 0.29) is 5.92 Å². The smallest absolute Gasteiger partial charge is 0.222 e. The molecule has 6 aromatic rings. The first-order valence-corrected chi connectivity index (χ1v) is 23.7. The molecular formula is C52H58N6O8. The topological polar surface area (TPSA) is 173 Å². The maximum atomic E-state index is 11.5. The first-order valence-electron chi connectivity index (χ1n) is 23.7. The van der Waals surface area contributed by atoms with Gasteiger partial charge in [-0.05, 0) is 70.2 Å². The van der Waals surface area contributed by atoms with Crippen molar-refractivity contribution in [2.75, 3.05) is 39.6 Å². The lowest BCUT2D eigenvalue weighted by Crippen LogP contribution is -2.42. The Labute approximate surface area is 384 Å². The van der Waals surface area contributed by atoms with Gasteiger partial charge in [0.1, 0.15) is 11.6 Å². The van der Waals surface area contributed by atoms with Crippen molar-refractivity contribution in [3.63, 3.8) is 0 Å². The number of aliphatic hydroxyl groups is 2. The highest BCUT2D eigenvalue weighted by atomic mass is 16.7. The van der Waals surface area contributed by atoms with Gasteiger partial charge in [0.15, 0.2) is 11.6 Å². The summed E-state index contributed by atoms with van der Waals surface area (Å²) in [4.78, 5) is 27.6. The highest BCUT2D eigenvalue weighted by Gasteiger charge is 2.49. The highest BCUT2D eigenvalue weighted by molar-refractivity contribution is 5.79. The molecule has 6 atom stereocenters. The van der Waals surface area contributed by atoms with E-state index in [1.54, 1.807) is 6.20 Å². The number of fused-ring (bicyclic) bond motifs is 2. The van der Waals surface area contributed by atoms with Gasteiger partial charge in [0.2, 0.25) is 11.8 Å². The largest absolute Gasteiger partial charge is 0.477 e. The number of para-hydroxylation sites is 2. The lowest BCUT2D eigenvalue weighted by atomic mass is 9.77. The molecule has 6 fully saturated rings. The number of pyridine rings is 2. The molecule has 2 aromatic carbocycles. The molecule has 2 spiro atoms. The molecule has 12 rings (SSSR count). The summed E-state index contributed by atoms with van der Waals surface area (Å²) in [5.41, 5.74) is 4.83. The van der Waals surface area contributed by atoms with E-state index in [0.29, 0.717) is 124 Å². The van der Waals surface area contributed by atoms with E-state index in [1.807, 2.05) is 44.3 Å². The molecular weight excluding hydrogens is 837 g/mol. The summed E-state index contributed by atoms with van der Waals surface area (Å²) in [6.45, 7) is 7.26. The van der Waals surface area contributed by atoms with Crippen LogP contribution in [0.15, 0.2) is 85.2 Å². The number of nitrogens with zero attached hydrogens (tertiary/aromatic N) is 6. The molecule has 0 radical (unpaired) electrons. The Hall–Kier alpha value is -5.22. The van der Waals surface area contributed by atoms with Gasteiger partial charge in [-0.2, -0.15) is 9.97 Å². The van der Waals surface area contributed by atoms with Crippen LogP contribution >= 0.6 is 0 Å². The Kier molecular flexibility index (Phi) is 11.7. The second-order valence-corrected chi connectivity index (χ2v) is 19.2. The number of hydrogen-bond acceptors (Lipinski definition) is 14. The molecule has 4 aliphatic carbocycles. The van der Waals surface area contributed by atoms with Crippen LogP contribution in [0.25, 0.3) is 21.8 Å². The van der Waals surface area contributed by atoms with Crippen LogP contribution in [-0.2, 0) is 24.5 Å². The predicted octanol–water partition coefficient (Wildman–Crippen LogP) is 7.91. The Morgan fingerprint density at radius 3 is 1.71 bits per heavy atom. The number of benzene rings is 2. The third-order valence-electron chi connectivity index (χ3n) is 14.7. The fraction of sp³-hybridized carbons (Fsp3) is 0.500. The molecule has 2 aliphatic heterocycles. The molecule has 66 heavy (non-hydrogen) atoms. The Bertz CT molecular complexity index is 2700. The molecule has 6 heterocycles. The number of ether oxygens (including phenoxy) is 6. The second kappa shape index (κ2) is 17.8. The van der Waals surface area contributed by atoms with Crippen LogP contribution in [0.1, 0.15) is 110 Å². The van der Waals surface area contributed by atoms with E-state index in [4.69, 9.17) is 38.4 Å². The summed E-state index contributed by atoms with van der Waals surface area (Å²) in [6, 6.07) is 25.0. The number of rotatable bonds is 10. The summed E-state index contributed by atoms with van der Waals surface area (Å²) < 4.78 is 35.7. The maximum Gasteiger partial charge on any atom is 0.222 e. The monoisotopic (exact) mass is 894 g/mol. The quantitative estimate of drug-likeness (QED) is 0.136.